The summed E-state index contributed by atoms with van der Waals surface area (Å²) >= 11 is 0. The zero-order chi connectivity index (χ0) is 8.53. The summed E-state index contributed by atoms with van der Waals surface area (Å²) in [6.07, 6.45) is 4.15. The highest BCUT2D eigenvalue weighted by Gasteiger charge is 1.95. The van der Waals surface area contributed by atoms with Gasteiger partial charge in [0.05, 0.1) is 0 Å². The molecule has 0 radical (unpaired) electrons. The summed E-state index contributed by atoms with van der Waals surface area (Å²) in [6, 6.07) is 0. The molecule has 11 heavy (non-hydrogen) atoms. The van der Waals surface area contributed by atoms with Crippen LogP contribution in [0, 0.1) is 0 Å². The van der Waals surface area contributed by atoms with E-state index in [0.717, 1.165) is 13.2 Å². The van der Waals surface area contributed by atoms with Crippen LogP contribution in [0.25, 0.3) is 0 Å². The van der Waals surface area contributed by atoms with Crippen molar-refractivity contribution in [3.8, 4) is 0 Å². The number of hydrogen-bond acceptors (Lipinski definition) is 2. The van der Waals surface area contributed by atoms with Crippen LogP contribution in [0.4, 0.5) is 0 Å². The van der Waals surface area contributed by atoms with Crippen molar-refractivity contribution in [3.05, 3.63) is 0 Å². The topological polar surface area (TPSA) is 46.5 Å². The normalized spacial score (nSPS) is 16.5. The first-order valence-corrected chi connectivity index (χ1v) is 4.07. The first kappa shape index (κ1) is 10.4. The average molecular weight is 160 g/mol. The second-order valence-electron chi connectivity index (χ2n) is 2.42. The minimum Gasteiger partial charge on any atom is -0.481 e. The fraction of sp³-hybridized carbons (Fsp3) is 0.875. The summed E-state index contributed by atoms with van der Waals surface area (Å²) in [4.78, 5) is 9.37. The lowest BCUT2D eigenvalue weighted by Crippen LogP contribution is -2.03. The Hall–Kier alpha value is -0.570. The smallest absolute Gasteiger partial charge is 0.303 e. The molecule has 0 aliphatic carbocycles. The lowest BCUT2D eigenvalue weighted by Gasteiger charge is -2.08. The zero-order valence-corrected chi connectivity index (χ0v) is 7.01. The maximum Gasteiger partial charge on any atom is 0.303 e. The number of aliphatic carboxylic acids is 1. The molecule has 0 aromatic rings. The largest absolute Gasteiger partial charge is 0.481 e. The molecule has 1 fully saturated rings. The maximum atomic E-state index is 9.37. The molecule has 66 valence electrons. The molecular formula is C8H16O3. The molecule has 0 aromatic heterocycles. The number of hydrogen-bond donors (Lipinski definition) is 1. The van der Waals surface area contributed by atoms with Gasteiger partial charge in [-0.15, -0.1) is 0 Å². The van der Waals surface area contributed by atoms with Crippen LogP contribution >= 0.6 is 0 Å². The van der Waals surface area contributed by atoms with Gasteiger partial charge in [0, 0.05) is 19.6 Å². The molecule has 3 heteroatoms. The van der Waals surface area contributed by atoms with Crippen LogP contribution in [0.2, 0.25) is 0 Å². The third kappa shape index (κ3) is 9.43. The summed E-state index contributed by atoms with van der Waals surface area (Å²) < 4.78 is 5.07. The second kappa shape index (κ2) is 7.54. The van der Waals surface area contributed by atoms with Crippen molar-refractivity contribution in [3.63, 3.8) is 0 Å². The van der Waals surface area contributed by atoms with E-state index in [2.05, 4.69) is 0 Å². The third-order valence-corrected chi connectivity index (χ3v) is 1.38. The Balaban J connectivity index is 0.000000187. The molecule has 0 saturated carbocycles. The monoisotopic (exact) mass is 160 g/mol. The lowest BCUT2D eigenvalue weighted by atomic mass is 10.2. The van der Waals surface area contributed by atoms with Crippen LogP contribution in [-0.4, -0.2) is 24.3 Å². The third-order valence-electron chi connectivity index (χ3n) is 1.38. The molecule has 0 spiro atoms. The highest BCUT2D eigenvalue weighted by atomic mass is 16.5. The maximum absolute atomic E-state index is 9.37. The summed E-state index contributed by atoms with van der Waals surface area (Å²) in [5.74, 6) is -0.745. The fourth-order valence-electron chi connectivity index (χ4n) is 0.687. The Morgan fingerprint density at radius 2 is 1.82 bits per heavy atom. The number of ether oxygens (including phenoxy) is 1. The molecule has 0 amide bonds. The standard InChI is InChI=1S/C5H10O.C3H6O2/c1-2-4-6-5-3-1;1-2-3(4)5/h1-5H2;2H2,1H3,(H,4,5). The van der Waals surface area contributed by atoms with Gasteiger partial charge in [-0.25, -0.2) is 0 Å². The molecule has 0 aromatic carbocycles. The van der Waals surface area contributed by atoms with Gasteiger partial charge in [0.15, 0.2) is 0 Å². The fourth-order valence-corrected chi connectivity index (χ4v) is 0.687. The average Bonchev–Trinajstić information content (AvgIpc) is 2.09. The predicted octanol–water partition coefficient (Wildman–Crippen LogP) is 1.67. The van der Waals surface area contributed by atoms with Gasteiger partial charge in [-0.2, -0.15) is 0 Å². The Kier molecular flexibility index (Phi) is 7.15. The van der Waals surface area contributed by atoms with E-state index < -0.39 is 5.97 Å². The van der Waals surface area contributed by atoms with Crippen molar-refractivity contribution in [2.24, 2.45) is 0 Å². The quantitative estimate of drug-likeness (QED) is 0.634. The lowest BCUT2D eigenvalue weighted by molar-refractivity contribution is -0.136. The number of carboxylic acid groups (broad SMARTS) is 1. The van der Waals surface area contributed by atoms with E-state index in [4.69, 9.17) is 9.84 Å². The summed E-state index contributed by atoms with van der Waals surface area (Å²) in [7, 11) is 0. The van der Waals surface area contributed by atoms with Crippen molar-refractivity contribution < 1.29 is 14.6 Å². The van der Waals surface area contributed by atoms with Gasteiger partial charge in [-0.1, -0.05) is 6.92 Å². The van der Waals surface area contributed by atoms with Gasteiger partial charge in [0.25, 0.3) is 0 Å². The van der Waals surface area contributed by atoms with Crippen molar-refractivity contribution in [2.75, 3.05) is 13.2 Å². The van der Waals surface area contributed by atoms with Gasteiger partial charge in [-0.3, -0.25) is 4.79 Å². The van der Waals surface area contributed by atoms with E-state index in [1.165, 1.54) is 19.3 Å². The zero-order valence-electron chi connectivity index (χ0n) is 7.01. The molecule has 0 bridgehead atoms. The first-order chi connectivity index (χ1) is 5.27. The van der Waals surface area contributed by atoms with Crippen LogP contribution in [0.3, 0.4) is 0 Å². The summed E-state index contributed by atoms with van der Waals surface area (Å²) in [6.45, 7) is 3.60. The summed E-state index contributed by atoms with van der Waals surface area (Å²) in [5.41, 5.74) is 0. The van der Waals surface area contributed by atoms with E-state index >= 15 is 0 Å². The highest BCUT2D eigenvalue weighted by molar-refractivity contribution is 5.66. The van der Waals surface area contributed by atoms with Crippen LogP contribution < -0.4 is 0 Å². The molecule has 1 aliphatic rings. The molecule has 3 nitrogen and oxygen atoms in total. The minimum absolute atomic E-state index is 0.222. The predicted molar refractivity (Wildman–Crippen MR) is 42.6 cm³/mol. The molecule has 1 rings (SSSR count). The molecule has 1 N–H and O–H groups in total. The molecule has 1 saturated heterocycles. The first-order valence-electron chi connectivity index (χ1n) is 4.07. The molecule has 0 unspecified atom stereocenters. The van der Waals surface area contributed by atoms with Crippen molar-refractivity contribution >= 4 is 5.97 Å². The second-order valence-corrected chi connectivity index (χ2v) is 2.42. The van der Waals surface area contributed by atoms with Crippen LogP contribution in [0.15, 0.2) is 0 Å². The molecule has 1 heterocycles. The van der Waals surface area contributed by atoms with Gasteiger partial charge < -0.3 is 9.84 Å². The Morgan fingerprint density at radius 1 is 1.36 bits per heavy atom. The van der Waals surface area contributed by atoms with Crippen molar-refractivity contribution in [1.29, 1.82) is 0 Å². The van der Waals surface area contributed by atoms with Crippen LogP contribution in [-0.2, 0) is 9.53 Å². The Morgan fingerprint density at radius 3 is 1.91 bits per heavy atom. The Labute approximate surface area is 67.4 Å². The van der Waals surface area contributed by atoms with Crippen molar-refractivity contribution in [2.45, 2.75) is 32.6 Å². The van der Waals surface area contributed by atoms with E-state index in [9.17, 15) is 4.79 Å². The number of carbonyl (C=O) groups is 1. The number of rotatable bonds is 1. The molecule has 1 aliphatic heterocycles. The Bertz CT molecular complexity index is 86.0. The van der Waals surface area contributed by atoms with Crippen molar-refractivity contribution in [1.82, 2.24) is 0 Å². The van der Waals surface area contributed by atoms with E-state index in [1.807, 2.05) is 0 Å². The molecular weight excluding hydrogens is 144 g/mol. The van der Waals surface area contributed by atoms with E-state index in [0.29, 0.717) is 0 Å². The van der Waals surface area contributed by atoms with Crippen LogP contribution in [0.1, 0.15) is 32.6 Å². The van der Waals surface area contributed by atoms with Crippen LogP contribution in [0.5, 0.6) is 0 Å². The summed E-state index contributed by atoms with van der Waals surface area (Å²) in [5, 5.41) is 7.72. The number of carboxylic acids is 1. The minimum atomic E-state index is -0.745. The van der Waals surface area contributed by atoms with E-state index in [-0.39, 0.29) is 6.42 Å². The van der Waals surface area contributed by atoms with Gasteiger partial charge in [-0.05, 0) is 19.3 Å². The molecule has 0 atom stereocenters. The van der Waals surface area contributed by atoms with Gasteiger partial charge >= 0.3 is 5.97 Å². The SMILES string of the molecule is C1CCOCC1.CCC(=O)O. The van der Waals surface area contributed by atoms with E-state index in [1.54, 1.807) is 6.92 Å². The van der Waals surface area contributed by atoms with Gasteiger partial charge in [0.2, 0.25) is 0 Å². The highest BCUT2D eigenvalue weighted by Crippen LogP contribution is 2.02. The van der Waals surface area contributed by atoms with Gasteiger partial charge in [0.1, 0.15) is 0 Å².